The van der Waals surface area contributed by atoms with Gasteiger partial charge >= 0.3 is 0 Å². The lowest BCUT2D eigenvalue weighted by Crippen LogP contribution is -2.27. The van der Waals surface area contributed by atoms with Gasteiger partial charge in [-0.3, -0.25) is 0 Å². The number of benzene rings is 1. The monoisotopic (exact) mass is 275 g/mol. The van der Waals surface area contributed by atoms with Gasteiger partial charge < -0.3 is 15.5 Å². The summed E-state index contributed by atoms with van der Waals surface area (Å²) in [6, 6.07) is 7.00. The van der Waals surface area contributed by atoms with Gasteiger partial charge in [-0.1, -0.05) is 12.1 Å². The van der Waals surface area contributed by atoms with Crippen LogP contribution < -0.4 is 10.6 Å². The van der Waals surface area contributed by atoms with Gasteiger partial charge in [0, 0.05) is 31.9 Å². The zero-order valence-electron chi connectivity index (χ0n) is 13.4. The van der Waals surface area contributed by atoms with Crippen molar-refractivity contribution in [2.75, 3.05) is 38.6 Å². The first-order valence-corrected chi connectivity index (χ1v) is 7.70. The third kappa shape index (κ3) is 3.97. The Balaban J connectivity index is 2.00. The molecule has 1 aliphatic heterocycles. The molecule has 0 radical (unpaired) electrons. The van der Waals surface area contributed by atoms with Crippen LogP contribution in [0, 0.1) is 12.8 Å². The summed E-state index contributed by atoms with van der Waals surface area (Å²) in [6.07, 6.45) is 2.28. The summed E-state index contributed by atoms with van der Waals surface area (Å²) in [6.45, 7) is 7.89. The Hall–Kier alpha value is -1.06. The number of aryl methyl sites for hydroxylation is 1. The van der Waals surface area contributed by atoms with Gasteiger partial charge in [-0.2, -0.15) is 0 Å². The van der Waals surface area contributed by atoms with Crippen molar-refractivity contribution in [1.29, 1.82) is 0 Å². The van der Waals surface area contributed by atoms with Gasteiger partial charge in [-0.05, 0) is 63.4 Å². The lowest BCUT2D eigenvalue weighted by atomic mass is 10.0. The first-order chi connectivity index (χ1) is 9.45. The molecular formula is C17H29N3. The van der Waals surface area contributed by atoms with Crippen LogP contribution in [0.2, 0.25) is 0 Å². The van der Waals surface area contributed by atoms with E-state index in [1.807, 2.05) is 0 Å². The van der Waals surface area contributed by atoms with Crippen LogP contribution in [0.3, 0.4) is 0 Å². The summed E-state index contributed by atoms with van der Waals surface area (Å²) in [5, 5.41) is 0. The Morgan fingerprint density at radius 2 is 2.20 bits per heavy atom. The molecule has 1 aromatic carbocycles. The predicted octanol–water partition coefficient (Wildman–Crippen LogP) is 2.27. The SMILES string of the molecule is Cc1cc(CC(C)N)ccc1N(C)CC1CCN(C)C1. The van der Waals surface area contributed by atoms with Gasteiger partial charge in [0.25, 0.3) is 0 Å². The van der Waals surface area contributed by atoms with Crippen molar-refractivity contribution in [3.05, 3.63) is 29.3 Å². The van der Waals surface area contributed by atoms with Crippen LogP contribution in [-0.2, 0) is 6.42 Å². The number of anilines is 1. The second-order valence-corrected chi connectivity index (χ2v) is 6.60. The van der Waals surface area contributed by atoms with E-state index in [4.69, 9.17) is 5.73 Å². The minimum atomic E-state index is 0.229. The summed E-state index contributed by atoms with van der Waals surface area (Å²) >= 11 is 0. The maximum absolute atomic E-state index is 5.88. The molecule has 2 rings (SSSR count). The fraction of sp³-hybridized carbons (Fsp3) is 0.647. The Morgan fingerprint density at radius 3 is 2.75 bits per heavy atom. The molecule has 2 unspecified atom stereocenters. The normalized spacial score (nSPS) is 21.1. The van der Waals surface area contributed by atoms with Crippen molar-refractivity contribution < 1.29 is 0 Å². The molecule has 0 spiro atoms. The molecule has 1 heterocycles. The van der Waals surface area contributed by atoms with Crippen molar-refractivity contribution in [3.63, 3.8) is 0 Å². The largest absolute Gasteiger partial charge is 0.374 e. The van der Waals surface area contributed by atoms with E-state index in [2.05, 4.69) is 55.9 Å². The third-order valence-corrected chi connectivity index (χ3v) is 4.25. The molecular weight excluding hydrogens is 246 g/mol. The van der Waals surface area contributed by atoms with Crippen molar-refractivity contribution in [2.45, 2.75) is 32.7 Å². The molecule has 0 bridgehead atoms. The van der Waals surface area contributed by atoms with Crippen molar-refractivity contribution in [1.82, 2.24) is 4.90 Å². The molecule has 2 atom stereocenters. The third-order valence-electron chi connectivity index (χ3n) is 4.25. The maximum atomic E-state index is 5.88. The van der Waals surface area contributed by atoms with Crippen LogP contribution in [0.15, 0.2) is 18.2 Å². The molecule has 3 nitrogen and oxygen atoms in total. The van der Waals surface area contributed by atoms with Crippen LogP contribution in [0.25, 0.3) is 0 Å². The molecule has 2 N–H and O–H groups in total. The van der Waals surface area contributed by atoms with E-state index in [1.165, 1.54) is 36.3 Å². The predicted molar refractivity (Wildman–Crippen MR) is 87.4 cm³/mol. The lowest BCUT2D eigenvalue weighted by molar-refractivity contribution is 0.396. The maximum Gasteiger partial charge on any atom is 0.0393 e. The molecule has 0 aromatic heterocycles. The average molecular weight is 275 g/mol. The Kier molecular flexibility index (Phi) is 5.06. The number of nitrogens with zero attached hydrogens (tertiary/aromatic N) is 2. The molecule has 0 aliphatic carbocycles. The number of likely N-dealkylation sites (tertiary alicyclic amines) is 1. The molecule has 0 saturated carbocycles. The minimum absolute atomic E-state index is 0.229. The molecule has 1 saturated heterocycles. The van der Waals surface area contributed by atoms with Crippen LogP contribution in [0.4, 0.5) is 5.69 Å². The van der Waals surface area contributed by atoms with E-state index in [0.717, 1.165) is 18.9 Å². The summed E-state index contributed by atoms with van der Waals surface area (Å²) in [7, 11) is 4.43. The number of hydrogen-bond donors (Lipinski definition) is 1. The first kappa shape index (κ1) is 15.3. The molecule has 3 heteroatoms. The second kappa shape index (κ2) is 6.59. The highest BCUT2D eigenvalue weighted by atomic mass is 15.2. The molecule has 1 fully saturated rings. The molecule has 1 aromatic rings. The quantitative estimate of drug-likeness (QED) is 0.895. The number of rotatable bonds is 5. The fourth-order valence-corrected chi connectivity index (χ4v) is 3.31. The van der Waals surface area contributed by atoms with E-state index in [0.29, 0.717) is 0 Å². The number of hydrogen-bond acceptors (Lipinski definition) is 3. The highest BCUT2D eigenvalue weighted by Crippen LogP contribution is 2.24. The summed E-state index contributed by atoms with van der Waals surface area (Å²) in [5.41, 5.74) is 9.93. The van der Waals surface area contributed by atoms with Crippen LogP contribution in [-0.4, -0.2) is 44.7 Å². The molecule has 0 amide bonds. The highest BCUT2D eigenvalue weighted by molar-refractivity contribution is 5.54. The summed E-state index contributed by atoms with van der Waals surface area (Å²) in [5.74, 6) is 0.799. The standard InChI is InChI=1S/C17H29N3/c1-13-9-15(10-14(2)18)5-6-17(13)20(4)12-16-7-8-19(3)11-16/h5-6,9,14,16H,7-8,10-12,18H2,1-4H3. The number of nitrogens with two attached hydrogens (primary N) is 1. The smallest absolute Gasteiger partial charge is 0.0393 e. The summed E-state index contributed by atoms with van der Waals surface area (Å²) in [4.78, 5) is 4.84. The van der Waals surface area contributed by atoms with Crippen molar-refractivity contribution in [3.8, 4) is 0 Å². The van der Waals surface area contributed by atoms with Crippen LogP contribution in [0.1, 0.15) is 24.5 Å². The van der Waals surface area contributed by atoms with E-state index in [-0.39, 0.29) is 6.04 Å². The molecule has 20 heavy (non-hydrogen) atoms. The zero-order chi connectivity index (χ0) is 14.7. The Labute approximate surface area is 123 Å². The van der Waals surface area contributed by atoms with E-state index >= 15 is 0 Å². The molecule has 112 valence electrons. The van der Waals surface area contributed by atoms with Crippen molar-refractivity contribution >= 4 is 5.69 Å². The Morgan fingerprint density at radius 1 is 1.45 bits per heavy atom. The van der Waals surface area contributed by atoms with Gasteiger partial charge in [0.15, 0.2) is 0 Å². The van der Waals surface area contributed by atoms with Gasteiger partial charge in [0.05, 0.1) is 0 Å². The van der Waals surface area contributed by atoms with Crippen molar-refractivity contribution in [2.24, 2.45) is 11.7 Å². The zero-order valence-corrected chi connectivity index (χ0v) is 13.4. The van der Waals surface area contributed by atoms with Gasteiger partial charge in [0.1, 0.15) is 0 Å². The Bertz CT molecular complexity index is 442. The van der Waals surface area contributed by atoms with E-state index in [9.17, 15) is 0 Å². The van der Waals surface area contributed by atoms with Gasteiger partial charge in [0.2, 0.25) is 0 Å². The van der Waals surface area contributed by atoms with Gasteiger partial charge in [-0.25, -0.2) is 0 Å². The highest BCUT2D eigenvalue weighted by Gasteiger charge is 2.21. The second-order valence-electron chi connectivity index (χ2n) is 6.60. The van der Waals surface area contributed by atoms with Gasteiger partial charge in [-0.15, -0.1) is 0 Å². The van der Waals surface area contributed by atoms with E-state index < -0.39 is 0 Å². The van der Waals surface area contributed by atoms with Crippen LogP contribution in [0.5, 0.6) is 0 Å². The topological polar surface area (TPSA) is 32.5 Å². The lowest BCUT2D eigenvalue weighted by Gasteiger charge is -2.25. The van der Waals surface area contributed by atoms with E-state index in [1.54, 1.807) is 0 Å². The first-order valence-electron chi connectivity index (χ1n) is 7.70. The van der Waals surface area contributed by atoms with Crippen LogP contribution >= 0.6 is 0 Å². The fourth-order valence-electron chi connectivity index (χ4n) is 3.31. The minimum Gasteiger partial charge on any atom is -0.374 e. The average Bonchev–Trinajstić information content (AvgIpc) is 2.73. The summed E-state index contributed by atoms with van der Waals surface area (Å²) < 4.78 is 0. The molecule has 1 aliphatic rings.